The SMILES string of the molecule is O=CN(CC(=O)OC(CCCc1cccnc1)CCCc1cccnc1)CC(=O)N1CCN(C(c2ccccc2)c2ccccc2)CC1. The van der Waals surface area contributed by atoms with Gasteiger partial charge in [0, 0.05) is 51.0 Å². The Morgan fingerprint density at radius 1 is 0.729 bits per heavy atom. The van der Waals surface area contributed by atoms with E-state index in [2.05, 4.69) is 63.4 Å². The minimum Gasteiger partial charge on any atom is -0.461 e. The summed E-state index contributed by atoms with van der Waals surface area (Å²) in [5.74, 6) is -0.670. The van der Waals surface area contributed by atoms with Gasteiger partial charge in [-0.15, -0.1) is 0 Å². The average molecular weight is 648 g/mol. The number of hydrogen-bond donors (Lipinski definition) is 0. The molecule has 9 nitrogen and oxygen atoms in total. The summed E-state index contributed by atoms with van der Waals surface area (Å²) >= 11 is 0. The number of aromatic nitrogens is 2. The highest BCUT2D eigenvalue weighted by Crippen LogP contribution is 2.29. The van der Waals surface area contributed by atoms with Crippen molar-refractivity contribution in [1.29, 1.82) is 0 Å². The summed E-state index contributed by atoms with van der Waals surface area (Å²) in [6.07, 6.45) is 12.2. The van der Waals surface area contributed by atoms with E-state index in [1.165, 1.54) is 16.0 Å². The fourth-order valence-electron chi connectivity index (χ4n) is 6.33. The first-order chi connectivity index (χ1) is 23.6. The molecule has 1 aliphatic rings. The van der Waals surface area contributed by atoms with Crippen LogP contribution in [0.2, 0.25) is 0 Å². The van der Waals surface area contributed by atoms with Crippen molar-refractivity contribution >= 4 is 18.3 Å². The molecule has 0 atom stereocenters. The molecular weight excluding hydrogens is 602 g/mol. The summed E-state index contributed by atoms with van der Waals surface area (Å²) < 4.78 is 5.91. The van der Waals surface area contributed by atoms with Gasteiger partial charge in [-0.2, -0.15) is 0 Å². The molecule has 48 heavy (non-hydrogen) atoms. The van der Waals surface area contributed by atoms with Gasteiger partial charge in [0.05, 0.1) is 6.04 Å². The van der Waals surface area contributed by atoms with E-state index >= 15 is 0 Å². The average Bonchev–Trinajstić information content (AvgIpc) is 3.13. The van der Waals surface area contributed by atoms with Gasteiger partial charge in [0.1, 0.15) is 19.2 Å². The van der Waals surface area contributed by atoms with Crippen LogP contribution in [-0.2, 0) is 32.0 Å². The number of pyridine rings is 2. The van der Waals surface area contributed by atoms with Gasteiger partial charge in [0.2, 0.25) is 12.3 Å². The van der Waals surface area contributed by atoms with E-state index in [0.717, 1.165) is 36.8 Å². The van der Waals surface area contributed by atoms with E-state index in [1.54, 1.807) is 17.3 Å². The van der Waals surface area contributed by atoms with Crippen molar-refractivity contribution in [2.75, 3.05) is 39.3 Å². The van der Waals surface area contributed by atoms with Crippen molar-refractivity contribution in [3.05, 3.63) is 132 Å². The van der Waals surface area contributed by atoms with Gasteiger partial charge in [0.15, 0.2) is 0 Å². The van der Waals surface area contributed by atoms with Crippen molar-refractivity contribution in [1.82, 2.24) is 24.7 Å². The van der Waals surface area contributed by atoms with Crippen molar-refractivity contribution < 1.29 is 19.1 Å². The Hall–Kier alpha value is -4.89. The largest absolute Gasteiger partial charge is 0.461 e. The number of ether oxygens (including phenoxy) is 1. The van der Waals surface area contributed by atoms with Crippen LogP contribution in [0.3, 0.4) is 0 Å². The maximum atomic E-state index is 13.3. The van der Waals surface area contributed by atoms with E-state index in [4.69, 9.17) is 4.74 Å². The van der Waals surface area contributed by atoms with Gasteiger partial charge < -0.3 is 14.5 Å². The third-order valence-corrected chi connectivity index (χ3v) is 8.81. The molecule has 5 rings (SSSR count). The molecule has 0 radical (unpaired) electrons. The predicted octanol–water partition coefficient (Wildman–Crippen LogP) is 5.13. The van der Waals surface area contributed by atoms with Crippen LogP contribution in [0.5, 0.6) is 0 Å². The number of benzene rings is 2. The van der Waals surface area contributed by atoms with E-state index in [0.29, 0.717) is 45.4 Å². The summed E-state index contributed by atoms with van der Waals surface area (Å²) in [6, 6.07) is 28.8. The third kappa shape index (κ3) is 10.6. The number of amides is 2. The number of carbonyl (C=O) groups is 3. The second-order valence-electron chi connectivity index (χ2n) is 12.3. The first-order valence-corrected chi connectivity index (χ1v) is 16.9. The second-order valence-corrected chi connectivity index (χ2v) is 12.3. The summed E-state index contributed by atoms with van der Waals surface area (Å²) in [7, 11) is 0. The zero-order chi connectivity index (χ0) is 33.4. The third-order valence-electron chi connectivity index (χ3n) is 8.81. The molecule has 0 aliphatic carbocycles. The van der Waals surface area contributed by atoms with Crippen molar-refractivity contribution in [2.45, 2.75) is 50.7 Å². The number of hydrogen-bond acceptors (Lipinski definition) is 7. The van der Waals surface area contributed by atoms with E-state index < -0.39 is 5.97 Å². The van der Waals surface area contributed by atoms with Gasteiger partial charge in [-0.1, -0.05) is 72.8 Å². The topological polar surface area (TPSA) is 95.9 Å². The Morgan fingerprint density at radius 3 is 1.75 bits per heavy atom. The normalized spacial score (nSPS) is 13.4. The highest BCUT2D eigenvalue weighted by atomic mass is 16.5. The molecule has 2 amide bonds. The van der Waals surface area contributed by atoms with Gasteiger partial charge in [0.25, 0.3) is 0 Å². The quantitative estimate of drug-likeness (QED) is 0.116. The lowest BCUT2D eigenvalue weighted by Gasteiger charge is -2.40. The Kier molecular flexibility index (Phi) is 13.2. The molecule has 1 saturated heterocycles. The van der Waals surface area contributed by atoms with Gasteiger partial charge in [-0.3, -0.25) is 29.3 Å². The molecule has 0 N–H and O–H groups in total. The van der Waals surface area contributed by atoms with E-state index in [-0.39, 0.29) is 31.1 Å². The first-order valence-electron chi connectivity index (χ1n) is 16.9. The maximum Gasteiger partial charge on any atom is 0.325 e. The first kappa shape index (κ1) is 34.4. The van der Waals surface area contributed by atoms with Crippen LogP contribution >= 0.6 is 0 Å². The molecule has 9 heteroatoms. The number of nitrogens with zero attached hydrogens (tertiary/aromatic N) is 5. The van der Waals surface area contributed by atoms with Crippen LogP contribution in [0.25, 0.3) is 0 Å². The fraction of sp³-hybridized carbons (Fsp3) is 0.359. The minimum atomic E-state index is -0.499. The molecule has 3 heterocycles. The molecular formula is C39H45N5O4. The minimum absolute atomic E-state index is 0.0903. The zero-order valence-corrected chi connectivity index (χ0v) is 27.5. The van der Waals surface area contributed by atoms with E-state index in [9.17, 15) is 14.4 Å². The van der Waals surface area contributed by atoms with Crippen LogP contribution in [0.4, 0.5) is 0 Å². The summed E-state index contributed by atoms with van der Waals surface area (Å²) in [5.41, 5.74) is 4.70. The van der Waals surface area contributed by atoms with Gasteiger partial charge in [-0.05, 0) is 72.9 Å². The highest BCUT2D eigenvalue weighted by Gasteiger charge is 2.29. The Labute approximate surface area is 283 Å². The molecule has 4 aromatic rings. The molecule has 250 valence electrons. The number of rotatable bonds is 17. The summed E-state index contributed by atoms with van der Waals surface area (Å²) in [4.78, 5) is 52.1. The summed E-state index contributed by atoms with van der Waals surface area (Å²) in [5, 5.41) is 0. The smallest absolute Gasteiger partial charge is 0.325 e. The fourth-order valence-corrected chi connectivity index (χ4v) is 6.33. The van der Waals surface area contributed by atoms with Crippen molar-refractivity contribution in [3.8, 4) is 0 Å². The monoisotopic (exact) mass is 647 g/mol. The highest BCUT2D eigenvalue weighted by molar-refractivity contribution is 5.82. The number of esters is 1. The van der Waals surface area contributed by atoms with Crippen molar-refractivity contribution in [2.24, 2.45) is 0 Å². The van der Waals surface area contributed by atoms with Gasteiger partial charge >= 0.3 is 5.97 Å². The Morgan fingerprint density at radius 2 is 1.27 bits per heavy atom. The lowest BCUT2D eigenvalue weighted by atomic mass is 9.96. The van der Waals surface area contributed by atoms with Crippen LogP contribution < -0.4 is 0 Å². The van der Waals surface area contributed by atoms with Crippen LogP contribution in [0.1, 0.15) is 54.0 Å². The second kappa shape index (κ2) is 18.4. The molecule has 0 unspecified atom stereocenters. The van der Waals surface area contributed by atoms with Crippen LogP contribution in [0, 0.1) is 0 Å². The van der Waals surface area contributed by atoms with Gasteiger partial charge in [-0.25, -0.2) is 0 Å². The lowest BCUT2D eigenvalue weighted by Crippen LogP contribution is -2.52. The summed E-state index contributed by atoms with van der Waals surface area (Å²) in [6.45, 7) is 2.06. The Balaban J connectivity index is 1.11. The molecule has 0 saturated carbocycles. The molecule has 1 aliphatic heterocycles. The van der Waals surface area contributed by atoms with E-state index in [1.807, 2.05) is 48.8 Å². The van der Waals surface area contributed by atoms with Crippen molar-refractivity contribution in [3.63, 3.8) is 0 Å². The molecule has 2 aromatic heterocycles. The standard InChI is InChI=1S/C39H45N5O4/c45-31-42(29-37(46)43-23-25-44(26-24-43)39(34-15-3-1-4-16-34)35-17-5-2-6-18-35)30-38(47)48-36(19-7-11-32-13-9-21-40-27-32)20-8-12-33-14-10-22-41-28-33/h1-6,9-10,13-18,21-22,27-28,31,36,39H,7-8,11-12,19-20,23-26,29-30H2. The number of carbonyl (C=O) groups excluding carboxylic acids is 3. The zero-order valence-electron chi connectivity index (χ0n) is 27.5. The van der Waals surface area contributed by atoms with Crippen LogP contribution in [0.15, 0.2) is 110 Å². The maximum absolute atomic E-state index is 13.3. The number of aryl methyl sites for hydroxylation is 2. The Bertz CT molecular complexity index is 1450. The molecule has 1 fully saturated rings. The molecule has 2 aromatic carbocycles. The number of piperazine rings is 1. The predicted molar refractivity (Wildman–Crippen MR) is 185 cm³/mol. The molecule has 0 spiro atoms. The molecule has 0 bridgehead atoms. The lowest BCUT2D eigenvalue weighted by molar-refractivity contribution is -0.153. The van der Waals surface area contributed by atoms with Crippen LogP contribution in [-0.4, -0.2) is 88.3 Å².